The van der Waals surface area contributed by atoms with Crippen molar-refractivity contribution in [2.75, 3.05) is 18.4 Å². The Kier molecular flexibility index (Phi) is 6.03. The van der Waals surface area contributed by atoms with Crippen LogP contribution in [0.15, 0.2) is 79.8 Å². The summed E-state index contributed by atoms with van der Waals surface area (Å²) in [6.45, 7) is 4.84. The lowest BCUT2D eigenvalue weighted by Crippen LogP contribution is -2.53. The quantitative estimate of drug-likeness (QED) is 0.432. The van der Waals surface area contributed by atoms with Crippen LogP contribution in [0.1, 0.15) is 17.5 Å². The van der Waals surface area contributed by atoms with Crippen molar-refractivity contribution in [3.63, 3.8) is 0 Å². The molecule has 1 aromatic heterocycles. The average Bonchev–Trinajstić information content (AvgIpc) is 2.79. The van der Waals surface area contributed by atoms with Crippen molar-refractivity contribution in [1.82, 2.24) is 14.9 Å². The van der Waals surface area contributed by atoms with Gasteiger partial charge in [0.2, 0.25) is 5.91 Å². The molecule has 0 spiro atoms. The molecule has 0 radical (unpaired) electrons. The van der Waals surface area contributed by atoms with E-state index in [2.05, 4.69) is 21.9 Å². The molecule has 0 unspecified atom stereocenters. The number of hydrogen-bond donors (Lipinski definition) is 2. The van der Waals surface area contributed by atoms with Crippen LogP contribution in [0.5, 0.6) is 11.5 Å². The molecule has 2 heterocycles. The highest BCUT2D eigenvalue weighted by molar-refractivity contribution is 6.13. The van der Waals surface area contributed by atoms with Crippen molar-refractivity contribution in [1.29, 1.82) is 5.41 Å². The van der Waals surface area contributed by atoms with Crippen LogP contribution < -0.4 is 10.1 Å². The summed E-state index contributed by atoms with van der Waals surface area (Å²) in [6, 6.07) is 17.0. The van der Waals surface area contributed by atoms with Gasteiger partial charge in [0.05, 0.1) is 17.3 Å². The van der Waals surface area contributed by atoms with Gasteiger partial charge in [0.1, 0.15) is 23.6 Å². The van der Waals surface area contributed by atoms with Crippen molar-refractivity contribution < 1.29 is 9.53 Å². The van der Waals surface area contributed by atoms with Gasteiger partial charge in [-0.2, -0.15) is 0 Å². The van der Waals surface area contributed by atoms with E-state index < -0.39 is 0 Å². The average molecular weight is 413 g/mol. The molecule has 7 nitrogen and oxygen atoms in total. The zero-order valence-corrected chi connectivity index (χ0v) is 17.0. The summed E-state index contributed by atoms with van der Waals surface area (Å²) in [6.07, 6.45) is 5.33. The number of carbonyl (C=O) groups excluding carboxylic acids is 1. The van der Waals surface area contributed by atoms with E-state index in [9.17, 15) is 4.79 Å². The van der Waals surface area contributed by atoms with E-state index in [1.54, 1.807) is 11.1 Å². The number of aromatic nitrogens is 2. The number of carbonyl (C=O) groups is 1. The van der Waals surface area contributed by atoms with Gasteiger partial charge in [0.25, 0.3) is 0 Å². The van der Waals surface area contributed by atoms with Crippen LogP contribution in [0.25, 0.3) is 0 Å². The molecule has 2 aromatic carbocycles. The minimum absolute atomic E-state index is 0.0634. The largest absolute Gasteiger partial charge is 0.457 e. The minimum Gasteiger partial charge on any atom is -0.457 e. The third-order valence-electron chi connectivity index (χ3n) is 5.21. The summed E-state index contributed by atoms with van der Waals surface area (Å²) in [5, 5.41) is 11.9. The van der Waals surface area contributed by atoms with Gasteiger partial charge in [-0.1, -0.05) is 24.8 Å². The summed E-state index contributed by atoms with van der Waals surface area (Å²) >= 11 is 0. The van der Waals surface area contributed by atoms with Gasteiger partial charge in [-0.25, -0.2) is 9.97 Å². The number of anilines is 1. The van der Waals surface area contributed by atoms with Crippen LogP contribution in [0.3, 0.4) is 0 Å². The fourth-order valence-corrected chi connectivity index (χ4v) is 3.40. The number of para-hydroxylation sites is 1. The van der Waals surface area contributed by atoms with E-state index in [1.165, 1.54) is 12.4 Å². The number of rotatable bonds is 8. The zero-order chi connectivity index (χ0) is 21.6. The first-order valence-electron chi connectivity index (χ1n) is 10.0. The lowest BCUT2D eigenvalue weighted by Gasteiger charge is -2.40. The van der Waals surface area contributed by atoms with Crippen molar-refractivity contribution >= 4 is 17.4 Å². The van der Waals surface area contributed by atoms with Crippen LogP contribution in [0.4, 0.5) is 5.82 Å². The molecule has 7 heteroatoms. The van der Waals surface area contributed by atoms with Crippen LogP contribution in [0, 0.1) is 5.41 Å². The van der Waals surface area contributed by atoms with Crippen molar-refractivity contribution in [2.45, 2.75) is 12.5 Å². The van der Waals surface area contributed by atoms with Gasteiger partial charge in [0.15, 0.2) is 0 Å². The molecule has 31 heavy (non-hydrogen) atoms. The summed E-state index contributed by atoms with van der Waals surface area (Å²) in [5.41, 5.74) is 1.63. The minimum atomic E-state index is -0.0634. The third kappa shape index (κ3) is 4.61. The van der Waals surface area contributed by atoms with Gasteiger partial charge < -0.3 is 15.0 Å². The number of amides is 1. The third-order valence-corrected chi connectivity index (χ3v) is 5.21. The van der Waals surface area contributed by atoms with Crippen molar-refractivity contribution in [3.8, 4) is 11.5 Å². The Morgan fingerprint density at radius 2 is 1.94 bits per heavy atom. The summed E-state index contributed by atoms with van der Waals surface area (Å²) in [7, 11) is 0. The van der Waals surface area contributed by atoms with Gasteiger partial charge in [0, 0.05) is 24.8 Å². The predicted molar refractivity (Wildman–Crippen MR) is 120 cm³/mol. The van der Waals surface area contributed by atoms with E-state index in [4.69, 9.17) is 10.1 Å². The highest BCUT2D eigenvalue weighted by atomic mass is 16.5. The van der Waals surface area contributed by atoms with Crippen LogP contribution in [-0.2, 0) is 4.79 Å². The number of nitrogens with zero attached hydrogens (tertiary/aromatic N) is 3. The van der Waals surface area contributed by atoms with E-state index >= 15 is 0 Å². The monoisotopic (exact) mass is 413 g/mol. The van der Waals surface area contributed by atoms with Crippen LogP contribution in [0.2, 0.25) is 0 Å². The second-order valence-electron chi connectivity index (χ2n) is 7.16. The molecule has 1 aliphatic heterocycles. The molecular weight excluding hydrogens is 390 g/mol. The normalized spacial score (nSPS) is 15.0. The van der Waals surface area contributed by atoms with Gasteiger partial charge in [-0.15, -0.1) is 0 Å². The summed E-state index contributed by atoms with van der Waals surface area (Å²) in [5.74, 6) is 1.96. The summed E-state index contributed by atoms with van der Waals surface area (Å²) < 4.78 is 5.82. The Morgan fingerprint density at radius 1 is 1.19 bits per heavy atom. The first-order valence-corrected chi connectivity index (χ1v) is 10.0. The van der Waals surface area contributed by atoms with Crippen LogP contribution >= 0.6 is 0 Å². The molecule has 4 rings (SSSR count). The van der Waals surface area contributed by atoms with Gasteiger partial charge in [-0.05, 0) is 48.9 Å². The molecule has 0 aliphatic carbocycles. The molecular formula is C24H23N5O2. The molecule has 1 aliphatic rings. The highest BCUT2D eigenvalue weighted by Crippen LogP contribution is 2.24. The van der Waals surface area contributed by atoms with Crippen LogP contribution in [-0.4, -0.2) is 45.6 Å². The first kappa shape index (κ1) is 20.3. The van der Waals surface area contributed by atoms with Gasteiger partial charge in [-0.3, -0.25) is 10.2 Å². The number of nitrogens with one attached hydrogen (secondary N) is 2. The molecule has 0 bridgehead atoms. The topological polar surface area (TPSA) is 91.2 Å². The number of benzene rings is 2. The maximum Gasteiger partial charge on any atom is 0.246 e. The van der Waals surface area contributed by atoms with Crippen molar-refractivity contribution in [2.24, 2.45) is 0 Å². The van der Waals surface area contributed by atoms with E-state index in [1.807, 2.05) is 54.6 Å². The zero-order valence-electron chi connectivity index (χ0n) is 17.0. The number of likely N-dealkylation sites (tertiary alicyclic amines) is 1. The molecule has 3 aromatic rings. The SMILES string of the molecule is C=CC(=O)N1CC[C@H]1CNc1ncncc1C(=N)c1ccc(Oc2ccccc2)cc1. The van der Waals surface area contributed by atoms with Crippen molar-refractivity contribution in [3.05, 3.63) is 90.9 Å². The number of hydrogen-bond acceptors (Lipinski definition) is 6. The molecule has 0 saturated carbocycles. The Labute approximate surface area is 180 Å². The molecule has 1 saturated heterocycles. The number of ether oxygens (including phenoxy) is 1. The Hall–Kier alpha value is -4.00. The molecule has 1 fully saturated rings. The second kappa shape index (κ2) is 9.21. The maximum absolute atomic E-state index is 11.8. The molecule has 1 amide bonds. The Balaban J connectivity index is 1.44. The van der Waals surface area contributed by atoms with E-state index in [-0.39, 0.29) is 11.9 Å². The fraction of sp³-hybridized carbons (Fsp3) is 0.167. The molecule has 1 atom stereocenters. The smallest absolute Gasteiger partial charge is 0.246 e. The molecule has 2 N–H and O–H groups in total. The second-order valence-corrected chi connectivity index (χ2v) is 7.16. The standard InChI is InChI=1S/C24H23N5O2/c1-2-22(30)29-13-12-18(29)14-27-24-21(15-26-16-28-24)23(25)17-8-10-20(11-9-17)31-19-6-4-3-5-7-19/h2-11,15-16,18,25H,1,12-14H2,(H,26,27,28)/t18-/m0/s1. The Morgan fingerprint density at radius 3 is 2.61 bits per heavy atom. The fourth-order valence-electron chi connectivity index (χ4n) is 3.40. The van der Waals surface area contributed by atoms with Gasteiger partial charge >= 0.3 is 0 Å². The maximum atomic E-state index is 11.8. The Bertz CT molecular complexity index is 1080. The predicted octanol–water partition coefficient (Wildman–Crippen LogP) is 3.88. The summed E-state index contributed by atoms with van der Waals surface area (Å²) in [4.78, 5) is 22.0. The van der Waals surface area contributed by atoms with E-state index in [0.29, 0.717) is 29.4 Å². The lowest BCUT2D eigenvalue weighted by atomic mass is 10.0. The lowest BCUT2D eigenvalue weighted by molar-refractivity contribution is -0.132. The highest BCUT2D eigenvalue weighted by Gasteiger charge is 2.30. The first-order chi connectivity index (χ1) is 15.2. The van der Waals surface area contributed by atoms with E-state index in [0.717, 1.165) is 24.3 Å². The molecule has 156 valence electrons.